The maximum Gasteiger partial charge on any atom is 0.235 e. The number of aliphatic carboxylic acids is 1. The van der Waals surface area contributed by atoms with Crippen LogP contribution in [-0.4, -0.2) is 26.3 Å². The smallest absolute Gasteiger partial charge is 0.235 e. The first-order chi connectivity index (χ1) is 13.8. The predicted octanol–water partition coefficient (Wildman–Crippen LogP) is 2.96. The number of benzene rings is 2. The molecule has 1 heterocycles. The number of rotatable bonds is 6. The van der Waals surface area contributed by atoms with Crippen molar-refractivity contribution in [2.75, 3.05) is 14.2 Å². The summed E-state index contributed by atoms with van der Waals surface area (Å²) in [5.41, 5.74) is 0.897. The summed E-state index contributed by atoms with van der Waals surface area (Å²) in [5.74, 6) is -0.796. The van der Waals surface area contributed by atoms with Crippen molar-refractivity contribution in [2.24, 2.45) is 0 Å². The van der Waals surface area contributed by atoms with Crippen molar-refractivity contribution in [1.82, 2.24) is 0 Å². The van der Waals surface area contributed by atoms with Gasteiger partial charge in [0, 0.05) is 10.6 Å². The van der Waals surface area contributed by atoms with Gasteiger partial charge in [-0.15, -0.1) is 0 Å². The SMILES string of the molecule is COc1ccc(-c2oc3cc(C)c(Cl)cc3c(=O)c2O[C@H](C)C(=O)[O-])cc1OC. The summed E-state index contributed by atoms with van der Waals surface area (Å²) < 4.78 is 21.9. The summed E-state index contributed by atoms with van der Waals surface area (Å²) in [7, 11) is 2.97. The highest BCUT2D eigenvalue weighted by molar-refractivity contribution is 6.32. The molecule has 8 heteroatoms. The molecule has 0 bridgehead atoms. The number of aryl methyl sites for hydroxylation is 1. The summed E-state index contributed by atoms with van der Waals surface area (Å²) in [6, 6.07) is 7.98. The molecule has 3 rings (SSSR count). The number of hydrogen-bond donors (Lipinski definition) is 0. The van der Waals surface area contributed by atoms with E-state index in [1.54, 1.807) is 31.2 Å². The third kappa shape index (κ3) is 3.86. The van der Waals surface area contributed by atoms with Crippen LogP contribution in [0.3, 0.4) is 0 Å². The van der Waals surface area contributed by atoms with Crippen molar-refractivity contribution in [3.8, 4) is 28.6 Å². The van der Waals surface area contributed by atoms with Crippen LogP contribution in [0.2, 0.25) is 5.02 Å². The molecule has 152 valence electrons. The lowest BCUT2D eigenvalue weighted by atomic mass is 10.1. The highest BCUT2D eigenvalue weighted by atomic mass is 35.5. The molecule has 0 spiro atoms. The van der Waals surface area contributed by atoms with E-state index in [9.17, 15) is 14.7 Å². The number of carbonyl (C=O) groups excluding carboxylic acids is 1. The molecule has 3 aromatic rings. The summed E-state index contributed by atoms with van der Waals surface area (Å²) in [4.78, 5) is 24.3. The van der Waals surface area contributed by atoms with Crippen LogP contribution in [-0.2, 0) is 4.79 Å². The second-order valence-corrected chi connectivity index (χ2v) is 6.74. The monoisotopic (exact) mass is 417 g/mol. The standard InChI is InChI=1S/C21H19ClO7/c1-10-7-16-13(9-14(10)22)18(23)20(28-11(2)21(24)25)19(29-16)12-5-6-15(26-3)17(8-12)27-4/h5-9,11H,1-4H3,(H,24,25)/p-1/t11-/m1/s1. The minimum absolute atomic E-state index is 0.0540. The Labute approximate surface area is 171 Å². The van der Waals surface area contributed by atoms with Crippen LogP contribution >= 0.6 is 11.6 Å². The average Bonchev–Trinajstić information content (AvgIpc) is 2.70. The molecule has 1 atom stereocenters. The minimum Gasteiger partial charge on any atom is -0.546 e. The normalized spacial score (nSPS) is 11.9. The van der Waals surface area contributed by atoms with Gasteiger partial charge >= 0.3 is 0 Å². The van der Waals surface area contributed by atoms with Gasteiger partial charge in [0.05, 0.1) is 25.6 Å². The van der Waals surface area contributed by atoms with Crippen LogP contribution in [0.4, 0.5) is 0 Å². The quantitative estimate of drug-likeness (QED) is 0.608. The summed E-state index contributed by atoms with van der Waals surface area (Å²) in [6.07, 6.45) is -1.38. The van der Waals surface area contributed by atoms with E-state index in [1.807, 2.05) is 0 Å². The Morgan fingerprint density at radius 1 is 1.14 bits per heavy atom. The Kier molecular flexibility index (Phi) is 5.70. The Bertz CT molecular complexity index is 1150. The Morgan fingerprint density at radius 3 is 2.45 bits per heavy atom. The van der Waals surface area contributed by atoms with Crippen LogP contribution in [0.25, 0.3) is 22.3 Å². The zero-order valence-corrected chi connectivity index (χ0v) is 17.0. The van der Waals surface area contributed by atoms with Crippen molar-refractivity contribution in [2.45, 2.75) is 20.0 Å². The second-order valence-electron chi connectivity index (χ2n) is 6.34. The number of ether oxygens (including phenoxy) is 3. The van der Waals surface area contributed by atoms with Crippen LogP contribution in [0.15, 0.2) is 39.5 Å². The molecule has 2 aromatic carbocycles. The molecule has 0 saturated heterocycles. The van der Waals surface area contributed by atoms with Crippen molar-refractivity contribution in [3.05, 3.63) is 51.1 Å². The molecule has 0 aliphatic heterocycles. The van der Waals surface area contributed by atoms with Gasteiger partial charge in [0.25, 0.3) is 0 Å². The minimum atomic E-state index is -1.47. The summed E-state index contributed by atoms with van der Waals surface area (Å²) in [5, 5.41) is 11.7. The predicted molar refractivity (Wildman–Crippen MR) is 106 cm³/mol. The molecule has 0 aliphatic rings. The van der Waals surface area contributed by atoms with Crippen LogP contribution in [0.5, 0.6) is 17.2 Å². The van der Waals surface area contributed by atoms with E-state index in [1.165, 1.54) is 27.2 Å². The van der Waals surface area contributed by atoms with Gasteiger partial charge in [-0.3, -0.25) is 4.79 Å². The first kappa shape index (κ1) is 20.5. The van der Waals surface area contributed by atoms with Crippen LogP contribution in [0.1, 0.15) is 12.5 Å². The third-order valence-corrected chi connectivity index (χ3v) is 4.81. The molecule has 7 nitrogen and oxygen atoms in total. The van der Waals surface area contributed by atoms with Crippen molar-refractivity contribution < 1.29 is 28.5 Å². The van der Waals surface area contributed by atoms with Gasteiger partial charge in [-0.1, -0.05) is 11.6 Å². The lowest BCUT2D eigenvalue weighted by molar-refractivity contribution is -0.312. The van der Waals surface area contributed by atoms with Gasteiger partial charge in [-0.25, -0.2) is 0 Å². The average molecular weight is 418 g/mol. The van der Waals surface area contributed by atoms with Gasteiger partial charge in [0.2, 0.25) is 11.2 Å². The highest BCUT2D eigenvalue weighted by Crippen LogP contribution is 2.37. The van der Waals surface area contributed by atoms with E-state index in [0.29, 0.717) is 22.1 Å². The largest absolute Gasteiger partial charge is 0.546 e. The van der Waals surface area contributed by atoms with Crippen LogP contribution in [0, 0.1) is 6.92 Å². The molecule has 0 fully saturated rings. The van der Waals surface area contributed by atoms with Gasteiger partial charge in [-0.05, 0) is 49.7 Å². The molecule has 0 radical (unpaired) electrons. The Balaban J connectivity index is 2.32. The van der Waals surface area contributed by atoms with E-state index >= 15 is 0 Å². The fraction of sp³-hybridized carbons (Fsp3) is 0.238. The molecule has 1 aromatic heterocycles. The maximum absolute atomic E-state index is 13.1. The number of carboxylic acids is 1. The number of carbonyl (C=O) groups is 1. The van der Waals surface area contributed by atoms with E-state index in [-0.39, 0.29) is 22.5 Å². The first-order valence-electron chi connectivity index (χ1n) is 8.63. The molecule has 0 unspecified atom stereocenters. The number of carboxylic acid groups (broad SMARTS) is 1. The summed E-state index contributed by atoms with van der Waals surface area (Å²) in [6.45, 7) is 3.04. The molecule has 0 N–H and O–H groups in total. The number of hydrogen-bond acceptors (Lipinski definition) is 7. The number of fused-ring (bicyclic) bond motifs is 1. The molecule has 29 heavy (non-hydrogen) atoms. The van der Waals surface area contributed by atoms with Gasteiger partial charge in [0.15, 0.2) is 17.3 Å². The van der Waals surface area contributed by atoms with Crippen molar-refractivity contribution >= 4 is 28.5 Å². The maximum atomic E-state index is 13.1. The van der Waals surface area contributed by atoms with Crippen molar-refractivity contribution in [1.29, 1.82) is 0 Å². The zero-order chi connectivity index (χ0) is 21.3. The van der Waals surface area contributed by atoms with Crippen LogP contribution < -0.4 is 24.7 Å². The molecule has 0 aliphatic carbocycles. The molecule has 0 saturated carbocycles. The fourth-order valence-corrected chi connectivity index (χ4v) is 2.96. The number of methoxy groups -OCH3 is 2. The highest BCUT2D eigenvalue weighted by Gasteiger charge is 2.22. The molecule has 0 amide bonds. The van der Waals surface area contributed by atoms with Gasteiger partial charge in [-0.2, -0.15) is 0 Å². The fourth-order valence-electron chi connectivity index (χ4n) is 2.80. The lowest BCUT2D eigenvalue weighted by Gasteiger charge is -2.18. The molecular weight excluding hydrogens is 400 g/mol. The Hall–Kier alpha value is -3.19. The topological polar surface area (TPSA) is 98.0 Å². The van der Waals surface area contributed by atoms with Gasteiger partial charge in [0.1, 0.15) is 11.7 Å². The van der Waals surface area contributed by atoms with Gasteiger partial charge < -0.3 is 28.5 Å². The zero-order valence-electron chi connectivity index (χ0n) is 16.2. The van der Waals surface area contributed by atoms with E-state index in [4.69, 9.17) is 30.2 Å². The Morgan fingerprint density at radius 2 is 1.83 bits per heavy atom. The first-order valence-corrected chi connectivity index (χ1v) is 9.01. The van der Waals surface area contributed by atoms with E-state index < -0.39 is 17.5 Å². The second kappa shape index (κ2) is 8.05. The number of halogens is 1. The summed E-state index contributed by atoms with van der Waals surface area (Å²) >= 11 is 6.14. The van der Waals surface area contributed by atoms with E-state index in [2.05, 4.69) is 0 Å². The van der Waals surface area contributed by atoms with Crippen molar-refractivity contribution in [3.63, 3.8) is 0 Å². The van der Waals surface area contributed by atoms with E-state index in [0.717, 1.165) is 5.56 Å². The molecular formula is C21H18ClO7-. The third-order valence-electron chi connectivity index (χ3n) is 4.40. The lowest BCUT2D eigenvalue weighted by Crippen LogP contribution is -2.38.